The van der Waals surface area contributed by atoms with Gasteiger partial charge in [0.15, 0.2) is 11.5 Å². The third kappa shape index (κ3) is 3.81. The van der Waals surface area contributed by atoms with Crippen LogP contribution in [0.15, 0.2) is 28.7 Å². The van der Waals surface area contributed by atoms with Crippen molar-refractivity contribution in [1.29, 1.82) is 0 Å². The van der Waals surface area contributed by atoms with Crippen molar-refractivity contribution >= 4 is 23.0 Å². The molecule has 1 aliphatic carbocycles. The summed E-state index contributed by atoms with van der Waals surface area (Å²) in [6, 6.07) is 7.57. The first kappa shape index (κ1) is 21.4. The standard InChI is InChI=1S/C25H34N4O3/c1-24(2,3)18-10-12-25(13-11-18)22(30)29(23(31)27-25)16-28-14-6-7-17(15-28)21-26-19-8-4-5-9-20(19)32-21/h4-5,8-9,17-18H,6-7,10-16H2,1-3H3,(H,27,31)/t17-,18?,25?/m1/s1. The van der Waals surface area contributed by atoms with E-state index < -0.39 is 5.54 Å². The summed E-state index contributed by atoms with van der Waals surface area (Å²) in [7, 11) is 0. The minimum atomic E-state index is -0.700. The summed E-state index contributed by atoms with van der Waals surface area (Å²) >= 11 is 0. The fourth-order valence-corrected chi connectivity index (χ4v) is 5.77. The smallest absolute Gasteiger partial charge is 0.326 e. The maximum absolute atomic E-state index is 13.4. The Labute approximate surface area is 189 Å². The van der Waals surface area contributed by atoms with E-state index in [0.29, 0.717) is 12.6 Å². The number of rotatable bonds is 3. The van der Waals surface area contributed by atoms with Gasteiger partial charge >= 0.3 is 6.03 Å². The van der Waals surface area contributed by atoms with Crippen LogP contribution in [0.1, 0.15) is 71.1 Å². The van der Waals surface area contributed by atoms with Crippen LogP contribution in [0.3, 0.4) is 0 Å². The lowest BCUT2D eigenvalue weighted by Gasteiger charge is -2.40. The van der Waals surface area contributed by atoms with E-state index in [2.05, 4.69) is 36.0 Å². The van der Waals surface area contributed by atoms with Crippen LogP contribution < -0.4 is 5.32 Å². The van der Waals surface area contributed by atoms with Gasteiger partial charge in [-0.15, -0.1) is 0 Å². The van der Waals surface area contributed by atoms with Crippen molar-refractivity contribution in [3.8, 4) is 0 Å². The first-order chi connectivity index (χ1) is 15.2. The zero-order chi connectivity index (χ0) is 22.5. The number of para-hydroxylation sites is 2. The van der Waals surface area contributed by atoms with E-state index in [0.717, 1.165) is 68.6 Å². The summed E-state index contributed by atoms with van der Waals surface area (Å²) in [5, 5.41) is 3.07. The molecule has 7 nitrogen and oxygen atoms in total. The number of benzene rings is 1. The number of nitrogens with zero attached hydrogens (tertiary/aromatic N) is 3. The van der Waals surface area contributed by atoms with Gasteiger partial charge in [0.1, 0.15) is 11.1 Å². The van der Waals surface area contributed by atoms with Crippen molar-refractivity contribution in [3.63, 3.8) is 0 Å². The Morgan fingerprint density at radius 2 is 1.91 bits per heavy atom. The molecular formula is C25H34N4O3. The van der Waals surface area contributed by atoms with E-state index in [4.69, 9.17) is 4.42 Å². The molecule has 2 saturated heterocycles. The average molecular weight is 439 g/mol. The van der Waals surface area contributed by atoms with Crippen LogP contribution in [0.25, 0.3) is 11.1 Å². The zero-order valence-corrected chi connectivity index (χ0v) is 19.4. The third-order valence-electron chi connectivity index (χ3n) is 7.82. The molecule has 3 heterocycles. The second kappa shape index (κ2) is 7.87. The lowest BCUT2D eigenvalue weighted by Crippen LogP contribution is -2.51. The first-order valence-electron chi connectivity index (χ1n) is 12.0. The van der Waals surface area contributed by atoms with E-state index in [-0.39, 0.29) is 23.3 Å². The van der Waals surface area contributed by atoms with Gasteiger partial charge in [-0.2, -0.15) is 0 Å². The summed E-state index contributed by atoms with van der Waals surface area (Å²) < 4.78 is 6.00. The number of urea groups is 1. The highest BCUT2D eigenvalue weighted by Gasteiger charge is 2.53. The SMILES string of the molecule is CC(C)(C)C1CCC2(CC1)NC(=O)N(CN1CCC[C@@H](c3nc4ccccc4o3)C1)C2=O. The molecule has 0 unspecified atom stereocenters. The van der Waals surface area contributed by atoms with Crippen LogP contribution in [0.4, 0.5) is 4.79 Å². The Morgan fingerprint density at radius 3 is 2.62 bits per heavy atom. The molecule has 0 bridgehead atoms. The number of amides is 3. The number of nitrogens with one attached hydrogen (secondary N) is 1. The van der Waals surface area contributed by atoms with Crippen LogP contribution in [0.2, 0.25) is 0 Å². The van der Waals surface area contributed by atoms with Gasteiger partial charge in [-0.25, -0.2) is 14.7 Å². The van der Waals surface area contributed by atoms with Crippen molar-refractivity contribution in [3.05, 3.63) is 30.2 Å². The van der Waals surface area contributed by atoms with Crippen LogP contribution in [0, 0.1) is 11.3 Å². The van der Waals surface area contributed by atoms with Gasteiger partial charge in [-0.1, -0.05) is 32.9 Å². The van der Waals surface area contributed by atoms with Crippen molar-refractivity contribution in [1.82, 2.24) is 20.1 Å². The van der Waals surface area contributed by atoms with Gasteiger partial charge in [0.2, 0.25) is 0 Å². The minimum absolute atomic E-state index is 0.0427. The molecule has 1 spiro atoms. The average Bonchev–Trinajstić information content (AvgIpc) is 3.29. The molecular weight excluding hydrogens is 404 g/mol. The number of oxazole rings is 1. The molecule has 172 valence electrons. The molecule has 3 fully saturated rings. The van der Waals surface area contributed by atoms with Crippen LogP contribution in [0.5, 0.6) is 0 Å². The molecule has 5 rings (SSSR count). The molecule has 1 saturated carbocycles. The second-order valence-corrected chi connectivity index (χ2v) is 11.0. The van der Waals surface area contributed by atoms with E-state index >= 15 is 0 Å². The number of hydrogen-bond donors (Lipinski definition) is 1. The second-order valence-electron chi connectivity index (χ2n) is 11.0. The molecule has 0 radical (unpaired) electrons. The van der Waals surface area contributed by atoms with Gasteiger partial charge in [0, 0.05) is 12.5 Å². The maximum Gasteiger partial charge on any atom is 0.326 e. The zero-order valence-electron chi connectivity index (χ0n) is 19.4. The van der Waals surface area contributed by atoms with Crippen LogP contribution in [-0.2, 0) is 4.79 Å². The topological polar surface area (TPSA) is 78.7 Å². The Kier molecular flexibility index (Phi) is 5.27. The number of hydrogen-bond acceptors (Lipinski definition) is 5. The Balaban J connectivity index is 1.25. The lowest BCUT2D eigenvalue weighted by molar-refractivity contribution is -0.134. The van der Waals surface area contributed by atoms with Gasteiger partial charge in [-0.05, 0) is 68.5 Å². The summed E-state index contributed by atoms with van der Waals surface area (Å²) in [5.74, 6) is 1.48. The monoisotopic (exact) mass is 438 g/mol. The fraction of sp³-hybridized carbons (Fsp3) is 0.640. The summed E-state index contributed by atoms with van der Waals surface area (Å²) in [6.45, 7) is 8.74. The molecule has 7 heteroatoms. The highest BCUT2D eigenvalue weighted by atomic mass is 16.3. The van der Waals surface area contributed by atoms with Gasteiger partial charge < -0.3 is 9.73 Å². The summed E-state index contributed by atoms with van der Waals surface area (Å²) in [5.41, 5.74) is 1.22. The predicted octanol–water partition coefficient (Wildman–Crippen LogP) is 4.49. The number of imide groups is 1. The summed E-state index contributed by atoms with van der Waals surface area (Å²) in [4.78, 5) is 34.5. The molecule has 1 aromatic carbocycles. The minimum Gasteiger partial charge on any atom is -0.440 e. The van der Waals surface area contributed by atoms with Crippen molar-refractivity contribution in [2.24, 2.45) is 11.3 Å². The van der Waals surface area contributed by atoms with Gasteiger partial charge in [0.25, 0.3) is 5.91 Å². The quantitative estimate of drug-likeness (QED) is 0.714. The number of fused-ring (bicyclic) bond motifs is 1. The molecule has 1 aromatic heterocycles. The van der Waals surface area contributed by atoms with Crippen LogP contribution in [-0.4, -0.2) is 52.0 Å². The fourth-order valence-electron chi connectivity index (χ4n) is 5.77. The molecule has 2 aliphatic heterocycles. The van der Waals surface area contributed by atoms with Crippen molar-refractivity contribution in [2.75, 3.05) is 19.8 Å². The molecule has 1 N–H and O–H groups in total. The number of carbonyl (C=O) groups excluding carboxylic acids is 2. The Hall–Kier alpha value is -2.41. The number of piperidine rings is 1. The maximum atomic E-state index is 13.4. The van der Waals surface area contributed by atoms with Gasteiger partial charge in [-0.3, -0.25) is 9.69 Å². The largest absolute Gasteiger partial charge is 0.440 e. The van der Waals surface area contributed by atoms with Gasteiger partial charge in [0.05, 0.1) is 6.67 Å². The van der Waals surface area contributed by atoms with E-state index in [1.165, 1.54) is 4.90 Å². The van der Waals surface area contributed by atoms with Crippen molar-refractivity contribution in [2.45, 2.75) is 70.8 Å². The van der Waals surface area contributed by atoms with Crippen LogP contribution >= 0.6 is 0 Å². The molecule has 1 atom stereocenters. The Morgan fingerprint density at radius 1 is 1.16 bits per heavy atom. The van der Waals surface area contributed by atoms with E-state index in [1.54, 1.807) is 0 Å². The predicted molar refractivity (Wildman–Crippen MR) is 122 cm³/mol. The highest BCUT2D eigenvalue weighted by Crippen LogP contribution is 2.43. The van der Waals surface area contributed by atoms with E-state index in [1.807, 2.05) is 24.3 Å². The normalized spacial score (nSPS) is 29.8. The van der Waals surface area contributed by atoms with Crippen molar-refractivity contribution < 1.29 is 14.0 Å². The Bertz CT molecular complexity index is 983. The summed E-state index contributed by atoms with van der Waals surface area (Å²) in [6.07, 6.45) is 5.43. The third-order valence-corrected chi connectivity index (χ3v) is 7.82. The molecule has 32 heavy (non-hydrogen) atoms. The number of aromatic nitrogens is 1. The molecule has 2 aromatic rings. The molecule has 3 aliphatic rings. The number of likely N-dealkylation sites (tertiary alicyclic amines) is 1. The highest BCUT2D eigenvalue weighted by molar-refractivity contribution is 6.07. The first-order valence-corrected chi connectivity index (χ1v) is 12.0. The van der Waals surface area contributed by atoms with E-state index in [9.17, 15) is 9.59 Å². The number of carbonyl (C=O) groups is 2. The molecule has 3 amide bonds. The lowest BCUT2D eigenvalue weighted by atomic mass is 9.67.